The Morgan fingerprint density at radius 2 is 2.20 bits per heavy atom. The Morgan fingerprint density at radius 3 is 2.67 bits per heavy atom. The van der Waals surface area contributed by atoms with E-state index in [0.29, 0.717) is 5.56 Å². The molecule has 0 spiro atoms. The van der Waals surface area contributed by atoms with Crippen LogP contribution in [0.5, 0.6) is 0 Å². The molecule has 6 heteroatoms. The van der Waals surface area contributed by atoms with Crippen LogP contribution in [0.2, 0.25) is 0 Å². The molecule has 0 aliphatic rings. The Balaban J connectivity index is 3.10. The van der Waals surface area contributed by atoms with Gasteiger partial charge in [0.25, 0.3) is 0 Å². The number of rotatable bonds is 3. The normalized spacial score (nSPS) is 13.6. The van der Waals surface area contributed by atoms with Crippen LogP contribution in [0.25, 0.3) is 0 Å². The predicted octanol–water partition coefficient (Wildman–Crippen LogP) is 1.14. The molecule has 1 atom stereocenters. The van der Waals surface area contributed by atoms with Gasteiger partial charge in [-0.15, -0.1) is 0 Å². The number of aryl methyl sites for hydroxylation is 1. The number of alkyl halides is 2. The first-order chi connectivity index (χ1) is 6.87. The standard InChI is InChI=1S/C9H9F2NO3/c1-5-2-3-12-4-6(5)7(13)9(10,11)8(14)15/h2-4,7,13H,1H3,(H,14,15). The van der Waals surface area contributed by atoms with E-state index in [1.807, 2.05) is 0 Å². The number of aliphatic hydroxyl groups is 1. The van der Waals surface area contributed by atoms with Crippen LogP contribution in [0, 0.1) is 6.92 Å². The number of hydrogen-bond donors (Lipinski definition) is 2. The Kier molecular flexibility index (Phi) is 2.99. The van der Waals surface area contributed by atoms with E-state index in [1.54, 1.807) is 0 Å². The molecule has 0 radical (unpaired) electrons. The maximum absolute atomic E-state index is 12.9. The third kappa shape index (κ3) is 2.10. The largest absolute Gasteiger partial charge is 0.477 e. The van der Waals surface area contributed by atoms with Crippen molar-refractivity contribution in [2.75, 3.05) is 0 Å². The highest BCUT2D eigenvalue weighted by Crippen LogP contribution is 2.32. The van der Waals surface area contributed by atoms with E-state index in [2.05, 4.69) is 4.98 Å². The maximum Gasteiger partial charge on any atom is 0.377 e. The molecule has 0 fully saturated rings. The van der Waals surface area contributed by atoms with Crippen LogP contribution in [-0.2, 0) is 4.79 Å². The minimum absolute atomic E-state index is 0.190. The number of aliphatic hydroxyl groups excluding tert-OH is 1. The molecular weight excluding hydrogens is 208 g/mol. The van der Waals surface area contributed by atoms with Gasteiger partial charge in [0.05, 0.1) is 0 Å². The maximum atomic E-state index is 12.9. The Labute approximate surface area is 84.2 Å². The molecule has 82 valence electrons. The third-order valence-electron chi connectivity index (χ3n) is 2.00. The average molecular weight is 217 g/mol. The first-order valence-electron chi connectivity index (χ1n) is 4.07. The molecule has 1 aromatic rings. The van der Waals surface area contributed by atoms with Gasteiger partial charge >= 0.3 is 11.9 Å². The lowest BCUT2D eigenvalue weighted by Crippen LogP contribution is -2.35. The Morgan fingerprint density at radius 1 is 1.60 bits per heavy atom. The summed E-state index contributed by atoms with van der Waals surface area (Å²) in [7, 11) is 0. The van der Waals surface area contributed by atoms with Crippen molar-refractivity contribution in [2.24, 2.45) is 0 Å². The highest BCUT2D eigenvalue weighted by molar-refractivity contribution is 5.76. The van der Waals surface area contributed by atoms with Gasteiger partial charge in [0, 0.05) is 18.0 Å². The van der Waals surface area contributed by atoms with Crippen molar-refractivity contribution in [1.29, 1.82) is 0 Å². The van der Waals surface area contributed by atoms with E-state index < -0.39 is 18.0 Å². The highest BCUT2D eigenvalue weighted by Gasteiger charge is 2.48. The summed E-state index contributed by atoms with van der Waals surface area (Å²) in [6, 6.07) is 1.41. The van der Waals surface area contributed by atoms with Crippen molar-refractivity contribution < 1.29 is 23.8 Å². The van der Waals surface area contributed by atoms with Gasteiger partial charge in [-0.05, 0) is 18.6 Å². The van der Waals surface area contributed by atoms with Crippen LogP contribution in [0.15, 0.2) is 18.5 Å². The fourth-order valence-electron chi connectivity index (χ4n) is 1.07. The smallest absolute Gasteiger partial charge is 0.377 e. The lowest BCUT2D eigenvalue weighted by Gasteiger charge is -2.19. The van der Waals surface area contributed by atoms with Crippen molar-refractivity contribution in [3.8, 4) is 0 Å². The SMILES string of the molecule is Cc1ccncc1C(O)C(F)(F)C(=O)O. The monoisotopic (exact) mass is 217 g/mol. The molecule has 0 aromatic carbocycles. The van der Waals surface area contributed by atoms with Crippen molar-refractivity contribution in [3.63, 3.8) is 0 Å². The van der Waals surface area contributed by atoms with Crippen LogP contribution in [0.1, 0.15) is 17.2 Å². The number of nitrogens with zero attached hydrogens (tertiary/aromatic N) is 1. The quantitative estimate of drug-likeness (QED) is 0.796. The summed E-state index contributed by atoms with van der Waals surface area (Å²) in [6.07, 6.45) is 0.00473. The number of pyridine rings is 1. The molecule has 1 heterocycles. The molecule has 0 bridgehead atoms. The molecule has 0 amide bonds. The summed E-state index contributed by atoms with van der Waals surface area (Å²) < 4.78 is 25.9. The second-order valence-corrected chi connectivity index (χ2v) is 3.06. The molecule has 1 rings (SSSR count). The summed E-state index contributed by atoms with van der Waals surface area (Å²) in [5, 5.41) is 17.5. The zero-order valence-electron chi connectivity index (χ0n) is 7.82. The average Bonchev–Trinajstić information content (AvgIpc) is 2.17. The number of carboxylic acids is 1. The molecule has 4 nitrogen and oxygen atoms in total. The summed E-state index contributed by atoms with van der Waals surface area (Å²) in [5.74, 6) is -6.58. The van der Waals surface area contributed by atoms with E-state index in [1.165, 1.54) is 19.2 Å². The zero-order chi connectivity index (χ0) is 11.6. The molecule has 1 unspecified atom stereocenters. The van der Waals surface area contributed by atoms with E-state index >= 15 is 0 Å². The van der Waals surface area contributed by atoms with Crippen molar-refractivity contribution >= 4 is 5.97 Å². The van der Waals surface area contributed by atoms with E-state index in [0.717, 1.165) is 6.20 Å². The van der Waals surface area contributed by atoms with Crippen LogP contribution >= 0.6 is 0 Å². The van der Waals surface area contributed by atoms with Gasteiger partial charge in [-0.3, -0.25) is 4.98 Å². The van der Waals surface area contributed by atoms with Crippen molar-refractivity contribution in [3.05, 3.63) is 29.6 Å². The minimum atomic E-state index is -4.21. The summed E-state index contributed by atoms with van der Waals surface area (Å²) in [6.45, 7) is 1.48. The molecule has 1 aromatic heterocycles. The number of aromatic nitrogens is 1. The molecule has 0 aliphatic carbocycles. The van der Waals surface area contributed by atoms with E-state index in [-0.39, 0.29) is 5.56 Å². The Bertz CT molecular complexity index is 381. The second kappa shape index (κ2) is 3.90. The second-order valence-electron chi connectivity index (χ2n) is 3.06. The van der Waals surface area contributed by atoms with Crippen LogP contribution in [0.4, 0.5) is 8.78 Å². The minimum Gasteiger partial charge on any atom is -0.477 e. The lowest BCUT2D eigenvalue weighted by molar-refractivity contribution is -0.183. The van der Waals surface area contributed by atoms with Gasteiger partial charge in [-0.2, -0.15) is 8.78 Å². The fourth-order valence-corrected chi connectivity index (χ4v) is 1.07. The van der Waals surface area contributed by atoms with Crippen molar-refractivity contribution in [2.45, 2.75) is 19.0 Å². The number of hydrogen-bond acceptors (Lipinski definition) is 3. The number of carbonyl (C=O) groups is 1. The summed E-state index contributed by atoms with van der Waals surface area (Å²) in [5.41, 5.74) is 0.170. The first-order valence-corrected chi connectivity index (χ1v) is 4.07. The molecule has 0 saturated heterocycles. The molecule has 15 heavy (non-hydrogen) atoms. The zero-order valence-corrected chi connectivity index (χ0v) is 7.82. The number of carboxylic acid groups (broad SMARTS) is 1. The van der Waals surface area contributed by atoms with Crippen LogP contribution in [0.3, 0.4) is 0 Å². The topological polar surface area (TPSA) is 70.4 Å². The highest BCUT2D eigenvalue weighted by atomic mass is 19.3. The Hall–Kier alpha value is -1.56. The van der Waals surface area contributed by atoms with Gasteiger partial charge in [0.15, 0.2) is 6.10 Å². The van der Waals surface area contributed by atoms with Gasteiger partial charge in [-0.25, -0.2) is 4.79 Å². The fraction of sp³-hybridized carbons (Fsp3) is 0.333. The van der Waals surface area contributed by atoms with Crippen LogP contribution < -0.4 is 0 Å². The lowest BCUT2D eigenvalue weighted by atomic mass is 10.0. The number of halogens is 2. The predicted molar refractivity (Wildman–Crippen MR) is 46.5 cm³/mol. The van der Waals surface area contributed by atoms with Gasteiger partial charge < -0.3 is 10.2 Å². The molecule has 0 aliphatic heterocycles. The first kappa shape index (κ1) is 11.5. The molecule has 2 N–H and O–H groups in total. The van der Waals surface area contributed by atoms with Gasteiger partial charge in [0.2, 0.25) is 0 Å². The van der Waals surface area contributed by atoms with Gasteiger partial charge in [-0.1, -0.05) is 0 Å². The third-order valence-corrected chi connectivity index (χ3v) is 2.00. The number of aliphatic carboxylic acids is 1. The van der Waals surface area contributed by atoms with Crippen LogP contribution in [-0.4, -0.2) is 27.1 Å². The molecule has 0 saturated carbocycles. The van der Waals surface area contributed by atoms with E-state index in [9.17, 15) is 18.7 Å². The molecular formula is C9H9F2NO3. The van der Waals surface area contributed by atoms with Crippen molar-refractivity contribution in [1.82, 2.24) is 4.98 Å². The van der Waals surface area contributed by atoms with E-state index in [4.69, 9.17) is 5.11 Å². The summed E-state index contributed by atoms with van der Waals surface area (Å²) >= 11 is 0. The van der Waals surface area contributed by atoms with Gasteiger partial charge in [0.1, 0.15) is 0 Å². The summed E-state index contributed by atoms with van der Waals surface area (Å²) in [4.78, 5) is 13.8.